The van der Waals surface area contributed by atoms with Crippen LogP contribution in [0.3, 0.4) is 0 Å². The molecule has 0 bridgehead atoms. The highest BCUT2D eigenvalue weighted by atomic mass is 19.1. The summed E-state index contributed by atoms with van der Waals surface area (Å²) in [7, 11) is 0. The molecule has 1 heterocycles. The van der Waals surface area contributed by atoms with Crippen LogP contribution in [-0.2, 0) is 0 Å². The van der Waals surface area contributed by atoms with Crippen molar-refractivity contribution in [1.29, 1.82) is 0 Å². The van der Waals surface area contributed by atoms with E-state index in [4.69, 9.17) is 4.74 Å². The van der Waals surface area contributed by atoms with E-state index in [0.717, 1.165) is 22.3 Å². The van der Waals surface area contributed by atoms with Gasteiger partial charge in [-0.3, -0.25) is 9.36 Å². The van der Waals surface area contributed by atoms with Gasteiger partial charge in [-0.1, -0.05) is 12.1 Å². The molecule has 0 saturated heterocycles. The predicted octanol–water partition coefficient (Wildman–Crippen LogP) is 4.57. The van der Waals surface area contributed by atoms with Crippen LogP contribution in [-0.4, -0.2) is 11.4 Å². The van der Waals surface area contributed by atoms with Gasteiger partial charge in [0.25, 0.3) is 5.56 Å². The maximum absolute atomic E-state index is 13.2. The molecule has 0 aliphatic rings. The zero-order valence-electron chi connectivity index (χ0n) is 13.9. The molecule has 3 nitrogen and oxygen atoms in total. The van der Waals surface area contributed by atoms with Gasteiger partial charge in [0, 0.05) is 17.8 Å². The first-order valence-electron chi connectivity index (χ1n) is 7.78. The maximum atomic E-state index is 13.2. The molecule has 5 heteroatoms. The second kappa shape index (κ2) is 6.89. The fourth-order valence-electron chi connectivity index (χ4n) is 2.80. The molecule has 2 aromatic carbocycles. The third-order valence-electron chi connectivity index (χ3n) is 4.06. The summed E-state index contributed by atoms with van der Waals surface area (Å²) in [6.45, 7) is 2.76. The van der Waals surface area contributed by atoms with Gasteiger partial charge in [-0.2, -0.15) is 0 Å². The first-order valence-corrected chi connectivity index (χ1v) is 7.78. The number of aryl methyl sites for hydroxylation is 2. The van der Waals surface area contributed by atoms with Gasteiger partial charge in [0.2, 0.25) is 6.86 Å². The molecular weight excluding hydrogens is 324 g/mol. The normalized spacial score (nSPS) is 10.7. The van der Waals surface area contributed by atoms with Crippen molar-refractivity contribution in [3.05, 3.63) is 82.0 Å². The van der Waals surface area contributed by atoms with E-state index in [1.165, 1.54) is 16.7 Å². The second-order valence-corrected chi connectivity index (χ2v) is 5.79. The van der Waals surface area contributed by atoms with Gasteiger partial charge in [-0.15, -0.1) is 0 Å². The fourth-order valence-corrected chi connectivity index (χ4v) is 2.80. The summed E-state index contributed by atoms with van der Waals surface area (Å²) in [5, 5.41) is 0. The first kappa shape index (κ1) is 16.9. The monoisotopic (exact) mass is 341 g/mol. The number of alkyl halides is 1. The number of aromatic nitrogens is 1. The Kier molecular flexibility index (Phi) is 4.65. The Bertz CT molecular complexity index is 962. The lowest BCUT2D eigenvalue weighted by Crippen LogP contribution is -2.18. The molecule has 0 saturated carbocycles. The van der Waals surface area contributed by atoms with E-state index in [-0.39, 0.29) is 11.4 Å². The molecule has 0 N–H and O–H groups in total. The van der Waals surface area contributed by atoms with Crippen LogP contribution >= 0.6 is 0 Å². The first-order chi connectivity index (χ1) is 12.0. The summed E-state index contributed by atoms with van der Waals surface area (Å²) < 4.78 is 31.8. The molecule has 128 valence electrons. The quantitative estimate of drug-likeness (QED) is 0.696. The fraction of sp³-hybridized carbons (Fsp3) is 0.150. The molecule has 25 heavy (non-hydrogen) atoms. The molecule has 0 atom stereocenters. The highest BCUT2D eigenvalue weighted by Crippen LogP contribution is 2.25. The maximum Gasteiger partial charge on any atom is 0.255 e. The van der Waals surface area contributed by atoms with Gasteiger partial charge in [0.15, 0.2) is 0 Å². The molecule has 0 fully saturated rings. The number of benzene rings is 2. The molecule has 0 aliphatic carbocycles. The lowest BCUT2D eigenvalue weighted by atomic mass is 10.0. The van der Waals surface area contributed by atoms with Crippen LogP contribution in [0, 0.1) is 19.7 Å². The van der Waals surface area contributed by atoms with Crippen molar-refractivity contribution in [3.8, 4) is 22.6 Å². The number of pyridine rings is 1. The van der Waals surface area contributed by atoms with Gasteiger partial charge in [0.05, 0.1) is 5.69 Å². The molecule has 3 aromatic rings. The van der Waals surface area contributed by atoms with Gasteiger partial charge in [0.1, 0.15) is 11.6 Å². The van der Waals surface area contributed by atoms with Gasteiger partial charge < -0.3 is 4.74 Å². The second-order valence-electron chi connectivity index (χ2n) is 5.79. The summed E-state index contributed by atoms with van der Waals surface area (Å²) >= 11 is 0. The van der Waals surface area contributed by atoms with Crippen molar-refractivity contribution in [3.63, 3.8) is 0 Å². The number of nitrogens with zero attached hydrogens (tertiary/aromatic N) is 1. The van der Waals surface area contributed by atoms with E-state index >= 15 is 0 Å². The van der Waals surface area contributed by atoms with Gasteiger partial charge in [-0.05, 0) is 60.9 Å². The standard InChI is InChI=1S/C20H17F2NO2/c1-13-10-20(24)23(11-18(13)15-3-5-16(22)6-4-15)19-8-7-17(25-12-21)9-14(19)2/h3-11H,12H2,1-2H3. The molecule has 0 spiro atoms. The van der Waals surface area contributed by atoms with Crippen molar-refractivity contribution in [2.24, 2.45) is 0 Å². The molecule has 0 radical (unpaired) electrons. The van der Waals surface area contributed by atoms with Crippen molar-refractivity contribution < 1.29 is 13.5 Å². The lowest BCUT2D eigenvalue weighted by molar-refractivity contribution is 0.191. The minimum Gasteiger partial charge on any atom is -0.463 e. The Hall–Kier alpha value is -2.95. The number of ether oxygens (including phenoxy) is 1. The Balaban J connectivity index is 2.13. The molecule has 1 aromatic heterocycles. The highest BCUT2D eigenvalue weighted by Gasteiger charge is 2.10. The van der Waals surface area contributed by atoms with Gasteiger partial charge >= 0.3 is 0 Å². The zero-order valence-corrected chi connectivity index (χ0v) is 13.9. The molecule has 0 amide bonds. The zero-order chi connectivity index (χ0) is 18.0. The average Bonchev–Trinajstić information content (AvgIpc) is 2.57. The molecular formula is C20H17F2NO2. The number of hydrogen-bond acceptors (Lipinski definition) is 2. The molecule has 0 aliphatic heterocycles. The molecule has 3 rings (SSSR count). The van der Waals surface area contributed by atoms with Crippen LogP contribution in [0.2, 0.25) is 0 Å². The predicted molar refractivity (Wildman–Crippen MR) is 93.5 cm³/mol. The van der Waals surface area contributed by atoms with E-state index in [2.05, 4.69) is 0 Å². The molecule has 0 unspecified atom stereocenters. The Labute approximate surface area is 144 Å². The van der Waals surface area contributed by atoms with Crippen LogP contribution in [0.1, 0.15) is 11.1 Å². The van der Waals surface area contributed by atoms with E-state index in [1.807, 2.05) is 13.8 Å². The van der Waals surface area contributed by atoms with E-state index in [9.17, 15) is 13.6 Å². The smallest absolute Gasteiger partial charge is 0.255 e. The number of halogens is 2. The summed E-state index contributed by atoms with van der Waals surface area (Å²) in [5.74, 6) is 0.0942. The third-order valence-corrected chi connectivity index (χ3v) is 4.06. The lowest BCUT2D eigenvalue weighted by Gasteiger charge is -2.14. The van der Waals surface area contributed by atoms with Crippen LogP contribution in [0.25, 0.3) is 16.8 Å². The minimum absolute atomic E-state index is 0.175. The van der Waals surface area contributed by atoms with Crippen molar-refractivity contribution in [1.82, 2.24) is 4.57 Å². The Morgan fingerprint density at radius 2 is 1.72 bits per heavy atom. The van der Waals surface area contributed by atoms with Crippen LogP contribution in [0.4, 0.5) is 8.78 Å². The van der Waals surface area contributed by atoms with Crippen LogP contribution in [0.15, 0.2) is 59.5 Å². The summed E-state index contributed by atoms with van der Waals surface area (Å²) in [4.78, 5) is 12.5. The van der Waals surface area contributed by atoms with E-state index in [1.54, 1.807) is 42.6 Å². The SMILES string of the molecule is Cc1cc(=O)n(-c2ccc(OCF)cc2C)cc1-c1ccc(F)cc1. The van der Waals surface area contributed by atoms with Crippen molar-refractivity contribution in [2.45, 2.75) is 13.8 Å². The number of hydrogen-bond donors (Lipinski definition) is 0. The van der Waals surface area contributed by atoms with E-state index in [0.29, 0.717) is 11.4 Å². The minimum atomic E-state index is -0.905. The summed E-state index contributed by atoms with van der Waals surface area (Å²) in [6, 6.07) is 12.7. The number of rotatable bonds is 4. The van der Waals surface area contributed by atoms with E-state index < -0.39 is 6.86 Å². The Morgan fingerprint density at radius 1 is 1.00 bits per heavy atom. The topological polar surface area (TPSA) is 31.2 Å². The Morgan fingerprint density at radius 3 is 2.36 bits per heavy atom. The van der Waals surface area contributed by atoms with Crippen LogP contribution < -0.4 is 10.3 Å². The highest BCUT2D eigenvalue weighted by molar-refractivity contribution is 5.66. The largest absolute Gasteiger partial charge is 0.463 e. The average molecular weight is 341 g/mol. The van der Waals surface area contributed by atoms with Crippen LogP contribution in [0.5, 0.6) is 5.75 Å². The van der Waals surface area contributed by atoms with Gasteiger partial charge in [-0.25, -0.2) is 8.78 Å². The van der Waals surface area contributed by atoms with Crippen molar-refractivity contribution in [2.75, 3.05) is 6.86 Å². The summed E-state index contributed by atoms with van der Waals surface area (Å²) in [5.41, 5.74) is 3.75. The summed E-state index contributed by atoms with van der Waals surface area (Å²) in [6.07, 6.45) is 1.74. The third kappa shape index (κ3) is 3.45. The van der Waals surface area contributed by atoms with Crippen molar-refractivity contribution >= 4 is 0 Å².